The Morgan fingerprint density at radius 3 is 2.58 bits per heavy atom. The maximum absolute atomic E-state index is 5.66. The Bertz CT molecular complexity index is 696. The molecule has 3 rings (SSSR count). The van der Waals surface area contributed by atoms with Crippen molar-refractivity contribution in [3.63, 3.8) is 0 Å². The molecule has 19 heavy (non-hydrogen) atoms. The van der Waals surface area contributed by atoms with Gasteiger partial charge in [0.25, 0.3) is 0 Å². The van der Waals surface area contributed by atoms with E-state index in [9.17, 15) is 0 Å². The molecule has 0 amide bonds. The van der Waals surface area contributed by atoms with Gasteiger partial charge in [-0.1, -0.05) is 31.2 Å². The number of nitrogens with zero attached hydrogens (tertiary/aromatic N) is 2. The van der Waals surface area contributed by atoms with Gasteiger partial charge < -0.3 is 10.1 Å². The Morgan fingerprint density at radius 1 is 1.11 bits per heavy atom. The molecule has 0 aliphatic heterocycles. The summed E-state index contributed by atoms with van der Waals surface area (Å²) >= 11 is 0. The minimum Gasteiger partial charge on any atom is -0.324 e. The lowest BCUT2D eigenvalue weighted by atomic mass is 10.0. The molecule has 3 nitrogen and oxygen atoms in total. The highest BCUT2D eigenvalue weighted by molar-refractivity contribution is 5.68. The maximum Gasteiger partial charge on any atom is 0.127 e. The van der Waals surface area contributed by atoms with E-state index in [4.69, 9.17) is 5.73 Å². The van der Waals surface area contributed by atoms with Gasteiger partial charge in [-0.3, -0.25) is 0 Å². The van der Waals surface area contributed by atoms with Crippen LogP contribution in [0.3, 0.4) is 0 Å². The Balaban J connectivity index is 2.04. The van der Waals surface area contributed by atoms with Crippen molar-refractivity contribution in [2.75, 3.05) is 0 Å². The van der Waals surface area contributed by atoms with E-state index in [2.05, 4.69) is 48.3 Å². The highest BCUT2D eigenvalue weighted by Gasteiger charge is 2.04. The van der Waals surface area contributed by atoms with Gasteiger partial charge in [0.2, 0.25) is 0 Å². The van der Waals surface area contributed by atoms with Crippen LogP contribution < -0.4 is 5.73 Å². The minimum atomic E-state index is 0.457. The molecule has 96 valence electrons. The molecular formula is C16H17N3. The fraction of sp³-hybridized carbons (Fsp3) is 0.188. The monoisotopic (exact) mass is 251 g/mol. The molecule has 3 heteroatoms. The molecule has 0 saturated carbocycles. The van der Waals surface area contributed by atoms with E-state index in [0.29, 0.717) is 6.54 Å². The smallest absolute Gasteiger partial charge is 0.127 e. The quantitative estimate of drug-likeness (QED) is 0.777. The second kappa shape index (κ2) is 4.86. The number of fused-ring (bicyclic) bond motifs is 1. The lowest BCUT2D eigenvalue weighted by Crippen LogP contribution is -2.02. The van der Waals surface area contributed by atoms with Crippen LogP contribution in [0.25, 0.3) is 16.6 Å². The van der Waals surface area contributed by atoms with Crippen molar-refractivity contribution in [1.82, 2.24) is 9.38 Å². The van der Waals surface area contributed by atoms with Gasteiger partial charge in [-0.15, -0.1) is 0 Å². The lowest BCUT2D eigenvalue weighted by Gasteiger charge is -2.05. The normalized spacial score (nSPS) is 11.1. The second-order valence-electron chi connectivity index (χ2n) is 4.64. The van der Waals surface area contributed by atoms with Crippen LogP contribution in [-0.2, 0) is 13.0 Å². The molecule has 0 aliphatic rings. The highest BCUT2D eigenvalue weighted by Crippen LogP contribution is 2.22. The number of imidazole rings is 1. The Kier molecular flexibility index (Phi) is 3.05. The summed E-state index contributed by atoms with van der Waals surface area (Å²) in [6.07, 6.45) is 4.97. The molecule has 0 atom stereocenters. The standard InChI is InChI=1S/C16H17N3/c1-2-12-3-5-13(6-4-12)14-7-8-19-15(9-14)11-18-16(19)10-17/h3-9,11H,2,10,17H2,1H3. The number of hydrogen-bond donors (Lipinski definition) is 1. The molecule has 2 N–H and O–H groups in total. The van der Waals surface area contributed by atoms with Crippen LogP contribution in [0.15, 0.2) is 48.8 Å². The van der Waals surface area contributed by atoms with Crippen LogP contribution in [0.2, 0.25) is 0 Å². The summed E-state index contributed by atoms with van der Waals surface area (Å²) in [4.78, 5) is 4.31. The van der Waals surface area contributed by atoms with E-state index < -0.39 is 0 Å². The molecular weight excluding hydrogens is 234 g/mol. The van der Waals surface area contributed by atoms with Crippen molar-refractivity contribution < 1.29 is 0 Å². The van der Waals surface area contributed by atoms with Crippen molar-refractivity contribution in [1.29, 1.82) is 0 Å². The van der Waals surface area contributed by atoms with E-state index in [0.717, 1.165) is 17.8 Å². The van der Waals surface area contributed by atoms with Gasteiger partial charge in [0, 0.05) is 6.20 Å². The molecule has 0 bridgehead atoms. The van der Waals surface area contributed by atoms with Gasteiger partial charge in [-0.05, 0) is 35.2 Å². The predicted octanol–water partition coefficient (Wildman–Crippen LogP) is 3.02. The van der Waals surface area contributed by atoms with Gasteiger partial charge in [0.05, 0.1) is 18.3 Å². The van der Waals surface area contributed by atoms with E-state index in [1.807, 2.05) is 16.8 Å². The Labute approximate surface area is 112 Å². The topological polar surface area (TPSA) is 43.3 Å². The van der Waals surface area contributed by atoms with E-state index in [1.54, 1.807) is 0 Å². The molecule has 0 radical (unpaired) electrons. The fourth-order valence-corrected chi connectivity index (χ4v) is 2.32. The molecule has 0 saturated heterocycles. The van der Waals surface area contributed by atoms with Crippen LogP contribution in [0.4, 0.5) is 0 Å². The average molecular weight is 251 g/mol. The van der Waals surface area contributed by atoms with Crippen molar-refractivity contribution in [3.05, 3.63) is 60.2 Å². The molecule has 0 unspecified atom stereocenters. The van der Waals surface area contributed by atoms with Gasteiger partial charge in [0.15, 0.2) is 0 Å². The average Bonchev–Trinajstić information content (AvgIpc) is 2.89. The number of aryl methyl sites for hydroxylation is 1. The second-order valence-corrected chi connectivity index (χ2v) is 4.64. The first kappa shape index (κ1) is 11.9. The summed E-state index contributed by atoms with van der Waals surface area (Å²) in [5.41, 5.74) is 10.5. The van der Waals surface area contributed by atoms with Crippen LogP contribution in [0, 0.1) is 0 Å². The number of hydrogen-bond acceptors (Lipinski definition) is 2. The zero-order valence-electron chi connectivity index (χ0n) is 11.0. The summed E-state index contributed by atoms with van der Waals surface area (Å²) in [6.45, 7) is 2.63. The summed E-state index contributed by atoms with van der Waals surface area (Å²) in [5.74, 6) is 0.892. The predicted molar refractivity (Wildman–Crippen MR) is 77.9 cm³/mol. The van der Waals surface area contributed by atoms with Crippen LogP contribution in [0.5, 0.6) is 0 Å². The Morgan fingerprint density at radius 2 is 1.89 bits per heavy atom. The molecule has 0 spiro atoms. The fourth-order valence-electron chi connectivity index (χ4n) is 2.32. The van der Waals surface area contributed by atoms with Crippen LogP contribution in [0.1, 0.15) is 18.3 Å². The highest BCUT2D eigenvalue weighted by atomic mass is 15.0. The summed E-state index contributed by atoms with van der Waals surface area (Å²) in [5, 5.41) is 0. The third kappa shape index (κ3) is 2.13. The summed E-state index contributed by atoms with van der Waals surface area (Å²) in [7, 11) is 0. The molecule has 0 fully saturated rings. The van der Waals surface area contributed by atoms with E-state index >= 15 is 0 Å². The number of benzene rings is 1. The van der Waals surface area contributed by atoms with Crippen molar-refractivity contribution in [3.8, 4) is 11.1 Å². The van der Waals surface area contributed by atoms with Gasteiger partial charge >= 0.3 is 0 Å². The zero-order chi connectivity index (χ0) is 13.2. The SMILES string of the molecule is CCc1ccc(-c2ccn3c(CN)ncc3c2)cc1. The third-order valence-corrected chi connectivity index (χ3v) is 3.49. The first-order valence-corrected chi connectivity index (χ1v) is 6.57. The maximum atomic E-state index is 5.66. The largest absolute Gasteiger partial charge is 0.324 e. The number of aromatic nitrogens is 2. The van der Waals surface area contributed by atoms with Gasteiger partial charge in [-0.2, -0.15) is 0 Å². The van der Waals surface area contributed by atoms with E-state index in [1.165, 1.54) is 16.7 Å². The van der Waals surface area contributed by atoms with Crippen LogP contribution in [-0.4, -0.2) is 9.38 Å². The van der Waals surface area contributed by atoms with Crippen molar-refractivity contribution in [2.24, 2.45) is 5.73 Å². The van der Waals surface area contributed by atoms with Crippen LogP contribution >= 0.6 is 0 Å². The molecule has 0 aliphatic carbocycles. The first-order chi connectivity index (χ1) is 9.31. The molecule has 1 aromatic carbocycles. The first-order valence-electron chi connectivity index (χ1n) is 6.57. The van der Waals surface area contributed by atoms with E-state index in [-0.39, 0.29) is 0 Å². The molecule has 3 aromatic rings. The number of pyridine rings is 1. The minimum absolute atomic E-state index is 0.457. The van der Waals surface area contributed by atoms with Gasteiger partial charge in [0.1, 0.15) is 5.82 Å². The summed E-state index contributed by atoms with van der Waals surface area (Å²) < 4.78 is 2.03. The zero-order valence-corrected chi connectivity index (χ0v) is 11.0. The molecule has 2 heterocycles. The lowest BCUT2D eigenvalue weighted by molar-refractivity contribution is 0.904. The van der Waals surface area contributed by atoms with Crippen molar-refractivity contribution >= 4 is 5.52 Å². The van der Waals surface area contributed by atoms with Crippen molar-refractivity contribution in [2.45, 2.75) is 19.9 Å². The summed E-state index contributed by atoms with van der Waals surface area (Å²) in [6, 6.07) is 13.0. The third-order valence-electron chi connectivity index (χ3n) is 3.49. The number of rotatable bonds is 3. The number of nitrogens with two attached hydrogens (primary N) is 1. The Hall–Kier alpha value is -2.13. The van der Waals surface area contributed by atoms with Gasteiger partial charge in [-0.25, -0.2) is 4.98 Å². The molecule has 2 aromatic heterocycles.